The Morgan fingerprint density at radius 3 is 2.67 bits per heavy atom. The van der Waals surface area contributed by atoms with Gasteiger partial charge in [-0.05, 0) is 55.8 Å². The lowest BCUT2D eigenvalue weighted by Gasteiger charge is -2.28. The number of carbonyl (C=O) groups is 1. The first-order chi connectivity index (χ1) is 14.7. The number of hydrogen-bond acceptors (Lipinski definition) is 6. The van der Waals surface area contributed by atoms with Crippen LogP contribution in [0, 0.1) is 0 Å². The molecule has 4 rings (SSSR count). The number of nitrogens with one attached hydrogen (secondary N) is 1. The van der Waals surface area contributed by atoms with E-state index in [1.165, 1.54) is 12.8 Å². The van der Waals surface area contributed by atoms with Gasteiger partial charge in [0.15, 0.2) is 0 Å². The van der Waals surface area contributed by atoms with Crippen molar-refractivity contribution < 1.29 is 14.3 Å². The van der Waals surface area contributed by atoms with E-state index < -0.39 is 0 Å². The molecule has 160 valence electrons. The lowest BCUT2D eigenvalue weighted by Crippen LogP contribution is -2.37. The van der Waals surface area contributed by atoms with E-state index in [9.17, 15) is 4.79 Å². The van der Waals surface area contributed by atoms with E-state index in [-0.39, 0.29) is 11.9 Å². The van der Waals surface area contributed by atoms with Gasteiger partial charge in [0.05, 0.1) is 31.9 Å². The molecule has 3 heterocycles. The number of pyridine rings is 1. The molecular weight excluding hydrogens is 380 g/mol. The maximum absolute atomic E-state index is 12.8. The summed E-state index contributed by atoms with van der Waals surface area (Å²) in [5, 5.41) is 3.12. The van der Waals surface area contributed by atoms with Gasteiger partial charge in [0.25, 0.3) is 5.91 Å². The van der Waals surface area contributed by atoms with Crippen LogP contribution in [0.3, 0.4) is 0 Å². The molecule has 7 nitrogen and oxygen atoms in total. The number of rotatable bonds is 7. The maximum atomic E-state index is 12.8. The highest BCUT2D eigenvalue weighted by Gasteiger charge is 2.24. The summed E-state index contributed by atoms with van der Waals surface area (Å²) in [5.41, 5.74) is 1.75. The molecule has 0 saturated carbocycles. The predicted molar refractivity (Wildman–Crippen MR) is 116 cm³/mol. The number of anilines is 1. The largest absolute Gasteiger partial charge is 0.497 e. The zero-order valence-electron chi connectivity index (χ0n) is 17.5. The fourth-order valence-electron chi connectivity index (χ4n) is 4.15. The van der Waals surface area contributed by atoms with Crippen molar-refractivity contribution in [3.8, 4) is 5.75 Å². The van der Waals surface area contributed by atoms with Crippen molar-refractivity contribution in [2.75, 3.05) is 57.9 Å². The summed E-state index contributed by atoms with van der Waals surface area (Å²) in [6.07, 6.45) is 4.05. The number of amides is 1. The van der Waals surface area contributed by atoms with Crippen LogP contribution in [0.5, 0.6) is 5.75 Å². The highest BCUT2D eigenvalue weighted by atomic mass is 16.5. The zero-order valence-corrected chi connectivity index (χ0v) is 17.5. The number of ether oxygens (including phenoxy) is 2. The number of benzene rings is 1. The van der Waals surface area contributed by atoms with Gasteiger partial charge in [-0.1, -0.05) is 12.1 Å². The van der Waals surface area contributed by atoms with Gasteiger partial charge in [-0.15, -0.1) is 0 Å². The SMILES string of the molecule is COc1cccc([C@H](CNC(=O)c2ccc(N3CCOCC3)nc2)N2CCCC2)c1. The van der Waals surface area contributed by atoms with E-state index >= 15 is 0 Å². The van der Waals surface area contributed by atoms with Gasteiger partial charge in [-0.3, -0.25) is 9.69 Å². The Kier molecular flexibility index (Phi) is 6.81. The van der Waals surface area contributed by atoms with Crippen LogP contribution < -0.4 is 15.0 Å². The van der Waals surface area contributed by atoms with E-state index in [0.717, 1.165) is 43.3 Å². The summed E-state index contributed by atoms with van der Waals surface area (Å²) < 4.78 is 10.8. The van der Waals surface area contributed by atoms with Gasteiger partial charge >= 0.3 is 0 Å². The molecule has 1 amide bonds. The van der Waals surface area contributed by atoms with Gasteiger partial charge < -0.3 is 19.7 Å². The van der Waals surface area contributed by atoms with Gasteiger partial charge in [-0.2, -0.15) is 0 Å². The fraction of sp³-hybridized carbons (Fsp3) is 0.478. The van der Waals surface area contributed by atoms with Gasteiger partial charge in [0.2, 0.25) is 0 Å². The second-order valence-electron chi connectivity index (χ2n) is 7.75. The minimum Gasteiger partial charge on any atom is -0.497 e. The standard InChI is InChI=1S/C23H30N4O3/c1-29-20-6-4-5-18(15-20)21(26-9-2-3-10-26)17-25-23(28)19-7-8-22(24-16-19)27-11-13-30-14-12-27/h4-8,15-16,21H,2-3,9-14,17H2,1H3,(H,25,28)/t21-/m0/s1. The summed E-state index contributed by atoms with van der Waals surface area (Å²) in [7, 11) is 1.68. The fourth-order valence-corrected chi connectivity index (χ4v) is 4.15. The van der Waals surface area contributed by atoms with E-state index in [4.69, 9.17) is 9.47 Å². The van der Waals surface area contributed by atoms with Crippen LogP contribution in [0.25, 0.3) is 0 Å². The van der Waals surface area contributed by atoms with Crippen molar-refractivity contribution in [3.05, 3.63) is 53.7 Å². The van der Waals surface area contributed by atoms with Crippen LogP contribution in [0.4, 0.5) is 5.82 Å². The quantitative estimate of drug-likeness (QED) is 0.757. The molecule has 2 aliphatic rings. The summed E-state index contributed by atoms with van der Waals surface area (Å²) in [6, 6.07) is 12.0. The van der Waals surface area contributed by atoms with Crippen LogP contribution in [0.2, 0.25) is 0 Å². The maximum Gasteiger partial charge on any atom is 0.252 e. The van der Waals surface area contributed by atoms with Crippen molar-refractivity contribution in [1.29, 1.82) is 0 Å². The molecular formula is C23H30N4O3. The zero-order chi connectivity index (χ0) is 20.8. The van der Waals surface area contributed by atoms with Gasteiger partial charge in [-0.25, -0.2) is 4.98 Å². The highest BCUT2D eigenvalue weighted by Crippen LogP contribution is 2.27. The molecule has 2 fully saturated rings. The third-order valence-electron chi connectivity index (χ3n) is 5.86. The molecule has 1 aromatic carbocycles. The molecule has 0 radical (unpaired) electrons. The highest BCUT2D eigenvalue weighted by molar-refractivity contribution is 5.94. The lowest BCUT2D eigenvalue weighted by molar-refractivity contribution is 0.0937. The summed E-state index contributed by atoms with van der Waals surface area (Å²) in [5.74, 6) is 1.63. The molecule has 7 heteroatoms. The number of morpholine rings is 1. The second kappa shape index (κ2) is 9.91. The Balaban J connectivity index is 1.41. The Bertz CT molecular complexity index is 831. The molecule has 30 heavy (non-hydrogen) atoms. The molecule has 2 saturated heterocycles. The van der Waals surface area contributed by atoms with E-state index in [1.54, 1.807) is 13.3 Å². The molecule has 1 atom stereocenters. The van der Waals surface area contributed by atoms with Crippen LogP contribution >= 0.6 is 0 Å². The number of aromatic nitrogens is 1. The average Bonchev–Trinajstić information content (AvgIpc) is 3.34. The van der Waals surface area contributed by atoms with Crippen molar-refractivity contribution >= 4 is 11.7 Å². The monoisotopic (exact) mass is 410 g/mol. The minimum absolute atomic E-state index is 0.0943. The van der Waals surface area contributed by atoms with Gasteiger partial charge in [0, 0.05) is 25.8 Å². The molecule has 0 unspecified atom stereocenters. The van der Waals surface area contributed by atoms with E-state index in [2.05, 4.69) is 32.2 Å². The lowest BCUT2D eigenvalue weighted by atomic mass is 10.0. The van der Waals surface area contributed by atoms with Gasteiger partial charge in [0.1, 0.15) is 11.6 Å². The molecule has 1 N–H and O–H groups in total. The smallest absolute Gasteiger partial charge is 0.252 e. The Labute approximate surface area is 178 Å². The second-order valence-corrected chi connectivity index (χ2v) is 7.75. The first kappa shape index (κ1) is 20.6. The predicted octanol–water partition coefficient (Wildman–Crippen LogP) is 2.49. The third kappa shape index (κ3) is 4.91. The number of methoxy groups -OCH3 is 1. The Morgan fingerprint density at radius 2 is 1.97 bits per heavy atom. The molecule has 0 spiro atoms. The normalized spacial score (nSPS) is 18.2. The number of hydrogen-bond donors (Lipinski definition) is 1. The van der Waals surface area contributed by atoms with Crippen LogP contribution in [0.15, 0.2) is 42.6 Å². The first-order valence-corrected chi connectivity index (χ1v) is 10.7. The van der Waals surface area contributed by atoms with E-state index in [1.807, 2.05) is 24.3 Å². The van der Waals surface area contributed by atoms with Crippen molar-refractivity contribution in [3.63, 3.8) is 0 Å². The van der Waals surface area contributed by atoms with Crippen molar-refractivity contribution in [2.45, 2.75) is 18.9 Å². The van der Waals surface area contributed by atoms with E-state index in [0.29, 0.717) is 25.3 Å². The number of carbonyl (C=O) groups excluding carboxylic acids is 1. The topological polar surface area (TPSA) is 66.9 Å². The van der Waals surface area contributed by atoms with Crippen molar-refractivity contribution in [1.82, 2.24) is 15.2 Å². The average molecular weight is 411 g/mol. The van der Waals surface area contributed by atoms with Crippen LogP contribution in [-0.4, -0.2) is 68.8 Å². The Hall–Kier alpha value is -2.64. The summed E-state index contributed by atoms with van der Waals surface area (Å²) in [4.78, 5) is 21.9. The first-order valence-electron chi connectivity index (χ1n) is 10.7. The van der Waals surface area contributed by atoms with Crippen molar-refractivity contribution in [2.24, 2.45) is 0 Å². The number of nitrogens with zero attached hydrogens (tertiary/aromatic N) is 3. The molecule has 1 aromatic heterocycles. The minimum atomic E-state index is -0.0943. The molecule has 2 aliphatic heterocycles. The molecule has 0 aliphatic carbocycles. The number of likely N-dealkylation sites (tertiary alicyclic amines) is 1. The third-order valence-corrected chi connectivity index (χ3v) is 5.86. The summed E-state index contributed by atoms with van der Waals surface area (Å²) >= 11 is 0. The molecule has 0 bridgehead atoms. The summed E-state index contributed by atoms with van der Waals surface area (Å²) in [6.45, 7) is 5.74. The Morgan fingerprint density at radius 1 is 1.17 bits per heavy atom. The van der Waals surface area contributed by atoms with Crippen LogP contribution in [-0.2, 0) is 4.74 Å². The molecule has 2 aromatic rings. The van der Waals surface area contributed by atoms with Crippen LogP contribution in [0.1, 0.15) is 34.8 Å².